The van der Waals surface area contributed by atoms with Gasteiger partial charge in [-0.1, -0.05) is 34.1 Å². The molecule has 0 atom stereocenters. The van der Waals surface area contributed by atoms with Crippen molar-refractivity contribution >= 4 is 27.7 Å². The summed E-state index contributed by atoms with van der Waals surface area (Å²) in [6.45, 7) is 5.92. The highest BCUT2D eigenvalue weighted by Crippen LogP contribution is 2.30. The Bertz CT molecular complexity index is 1050. The van der Waals surface area contributed by atoms with Gasteiger partial charge in [0.25, 0.3) is 0 Å². The number of hydrogen-bond acceptors (Lipinski definition) is 3. The summed E-state index contributed by atoms with van der Waals surface area (Å²) in [5, 5.41) is 9.91. The van der Waals surface area contributed by atoms with Gasteiger partial charge in [-0.25, -0.2) is 4.79 Å². The third kappa shape index (κ3) is 4.59. The number of benzene rings is 2. The van der Waals surface area contributed by atoms with Gasteiger partial charge in [0.2, 0.25) is 0 Å². The molecule has 0 spiro atoms. The summed E-state index contributed by atoms with van der Waals surface area (Å²) in [5.41, 5.74) is 6.01. The number of pyridine rings is 1. The number of carbonyl (C=O) groups is 1. The van der Waals surface area contributed by atoms with Gasteiger partial charge in [-0.15, -0.1) is 0 Å². The Hall–Kier alpha value is -2.86. The van der Waals surface area contributed by atoms with Crippen molar-refractivity contribution in [2.75, 3.05) is 12.0 Å². The molecule has 1 amide bonds. The fourth-order valence-electron chi connectivity index (χ4n) is 3.38. The molecule has 1 aromatic heterocycles. The maximum Gasteiger partial charge on any atom is 0.412 e. The number of aromatic nitrogens is 1. The second-order valence-electron chi connectivity index (χ2n) is 6.98. The van der Waals surface area contributed by atoms with Crippen LogP contribution in [0.1, 0.15) is 22.4 Å². The van der Waals surface area contributed by atoms with Crippen molar-refractivity contribution in [1.29, 1.82) is 0 Å². The lowest BCUT2D eigenvalue weighted by Gasteiger charge is -2.22. The molecule has 5 nitrogen and oxygen atoms in total. The van der Waals surface area contributed by atoms with Crippen molar-refractivity contribution in [3.63, 3.8) is 0 Å². The van der Waals surface area contributed by atoms with Gasteiger partial charge in [0.1, 0.15) is 5.75 Å². The van der Waals surface area contributed by atoms with Crippen LogP contribution in [-0.2, 0) is 6.54 Å². The van der Waals surface area contributed by atoms with E-state index in [1.54, 1.807) is 13.3 Å². The van der Waals surface area contributed by atoms with E-state index in [1.165, 1.54) is 4.90 Å². The van der Waals surface area contributed by atoms with Crippen LogP contribution >= 0.6 is 15.9 Å². The molecule has 0 bridgehead atoms. The lowest BCUT2D eigenvalue weighted by molar-refractivity contribution is 0.201. The third-order valence-electron chi connectivity index (χ3n) is 4.84. The summed E-state index contributed by atoms with van der Waals surface area (Å²) in [6, 6.07) is 13.8. The van der Waals surface area contributed by atoms with Crippen molar-refractivity contribution in [1.82, 2.24) is 4.98 Å². The van der Waals surface area contributed by atoms with Crippen LogP contribution in [0.3, 0.4) is 0 Å². The highest BCUT2D eigenvalue weighted by Gasteiger charge is 2.20. The highest BCUT2D eigenvalue weighted by molar-refractivity contribution is 9.10. The van der Waals surface area contributed by atoms with Gasteiger partial charge in [0.05, 0.1) is 19.3 Å². The van der Waals surface area contributed by atoms with Crippen molar-refractivity contribution in [3.05, 3.63) is 75.5 Å². The van der Waals surface area contributed by atoms with Gasteiger partial charge in [0, 0.05) is 27.5 Å². The fraction of sp³-hybridized carbons (Fsp3) is 0.217. The zero-order valence-corrected chi connectivity index (χ0v) is 18.4. The lowest BCUT2D eigenvalue weighted by atomic mass is 10.0. The summed E-state index contributed by atoms with van der Waals surface area (Å²) in [5.74, 6) is 0.736. The number of ether oxygens (including phenoxy) is 1. The fourth-order valence-corrected chi connectivity index (χ4v) is 3.64. The Morgan fingerprint density at radius 3 is 2.41 bits per heavy atom. The zero-order valence-electron chi connectivity index (χ0n) is 16.9. The first-order chi connectivity index (χ1) is 13.8. The van der Waals surface area contributed by atoms with Crippen LogP contribution in [0.4, 0.5) is 10.5 Å². The molecule has 3 aromatic rings. The quantitative estimate of drug-likeness (QED) is 0.503. The summed E-state index contributed by atoms with van der Waals surface area (Å²) in [6.07, 6.45) is 0.683. The molecule has 150 valence electrons. The predicted molar refractivity (Wildman–Crippen MR) is 119 cm³/mol. The molecule has 0 aliphatic heterocycles. The Balaban J connectivity index is 2.02. The van der Waals surface area contributed by atoms with Crippen molar-refractivity contribution in [3.8, 4) is 16.9 Å². The summed E-state index contributed by atoms with van der Waals surface area (Å²) >= 11 is 3.45. The number of hydrogen-bond donors (Lipinski definition) is 1. The van der Waals surface area contributed by atoms with Crippen LogP contribution in [0, 0.1) is 20.8 Å². The number of methoxy groups -OCH3 is 1. The van der Waals surface area contributed by atoms with E-state index >= 15 is 0 Å². The van der Waals surface area contributed by atoms with E-state index in [0.717, 1.165) is 38.0 Å². The number of rotatable bonds is 5. The summed E-state index contributed by atoms with van der Waals surface area (Å²) in [7, 11) is 1.61. The minimum absolute atomic E-state index is 0.140. The van der Waals surface area contributed by atoms with Crippen LogP contribution in [-0.4, -0.2) is 23.3 Å². The SMILES string of the molecule is COc1c(C)cnc(CN(C(=O)O)c2cc(C)cc(-c3ccc(Br)cc3)c2)c1C. The minimum atomic E-state index is -1.03. The van der Waals surface area contributed by atoms with Gasteiger partial charge in [-0.3, -0.25) is 9.88 Å². The molecule has 1 N–H and O–H groups in total. The number of halogens is 1. The molecule has 0 aliphatic carbocycles. The van der Waals surface area contributed by atoms with Crippen LogP contribution in [0.2, 0.25) is 0 Å². The molecular weight excluding hydrogens is 432 g/mol. The van der Waals surface area contributed by atoms with Crippen molar-refractivity contribution in [2.45, 2.75) is 27.3 Å². The lowest BCUT2D eigenvalue weighted by Crippen LogP contribution is -2.29. The average molecular weight is 455 g/mol. The Morgan fingerprint density at radius 2 is 1.79 bits per heavy atom. The molecule has 0 unspecified atom stereocenters. The maximum atomic E-state index is 12.1. The minimum Gasteiger partial charge on any atom is -0.496 e. The molecule has 0 aliphatic rings. The number of aryl methyl sites for hydroxylation is 2. The Labute approximate surface area is 179 Å². The van der Waals surface area contributed by atoms with E-state index < -0.39 is 6.09 Å². The van der Waals surface area contributed by atoms with Crippen LogP contribution in [0.5, 0.6) is 5.75 Å². The molecular formula is C23H23BrN2O3. The first-order valence-electron chi connectivity index (χ1n) is 9.17. The van der Waals surface area contributed by atoms with Crippen LogP contribution in [0.25, 0.3) is 11.1 Å². The number of carboxylic acid groups (broad SMARTS) is 1. The molecule has 2 aromatic carbocycles. The maximum absolute atomic E-state index is 12.1. The van der Waals surface area contributed by atoms with E-state index in [0.29, 0.717) is 11.4 Å². The number of anilines is 1. The van der Waals surface area contributed by atoms with Gasteiger partial charge in [-0.05, 0) is 61.7 Å². The molecule has 6 heteroatoms. The molecule has 0 fully saturated rings. The Kier molecular flexibility index (Phi) is 6.23. The van der Waals surface area contributed by atoms with Crippen molar-refractivity contribution < 1.29 is 14.6 Å². The van der Waals surface area contributed by atoms with Crippen molar-refractivity contribution in [2.24, 2.45) is 0 Å². The number of amides is 1. The molecule has 0 saturated heterocycles. The van der Waals surface area contributed by atoms with Crippen LogP contribution < -0.4 is 9.64 Å². The van der Waals surface area contributed by atoms with Crippen LogP contribution in [0.15, 0.2) is 53.1 Å². The smallest absolute Gasteiger partial charge is 0.412 e. The third-order valence-corrected chi connectivity index (χ3v) is 5.37. The normalized spacial score (nSPS) is 10.7. The van der Waals surface area contributed by atoms with E-state index in [4.69, 9.17) is 4.74 Å². The molecule has 0 radical (unpaired) electrons. The first-order valence-corrected chi connectivity index (χ1v) is 9.96. The average Bonchev–Trinajstić information content (AvgIpc) is 2.67. The van der Waals surface area contributed by atoms with Gasteiger partial charge < -0.3 is 9.84 Å². The molecule has 29 heavy (non-hydrogen) atoms. The van der Waals surface area contributed by atoms with E-state index in [-0.39, 0.29) is 6.54 Å². The summed E-state index contributed by atoms with van der Waals surface area (Å²) in [4.78, 5) is 17.9. The van der Waals surface area contributed by atoms with Gasteiger partial charge in [-0.2, -0.15) is 0 Å². The van der Waals surface area contributed by atoms with Gasteiger partial charge >= 0.3 is 6.09 Å². The van der Waals surface area contributed by atoms with Gasteiger partial charge in [0.15, 0.2) is 0 Å². The standard InChI is InChI=1S/C23H23BrN2O3/c1-14-9-18(17-5-7-19(24)8-6-17)11-20(10-14)26(23(27)28)13-21-16(3)22(29-4)15(2)12-25-21/h5-12H,13H2,1-4H3,(H,27,28). The zero-order chi connectivity index (χ0) is 21.1. The first kappa shape index (κ1) is 20.9. The highest BCUT2D eigenvalue weighted by atomic mass is 79.9. The largest absolute Gasteiger partial charge is 0.496 e. The molecule has 0 saturated carbocycles. The summed E-state index contributed by atoms with van der Waals surface area (Å²) < 4.78 is 6.46. The second-order valence-corrected chi connectivity index (χ2v) is 7.89. The number of nitrogens with zero attached hydrogens (tertiary/aromatic N) is 2. The second kappa shape index (κ2) is 8.66. The van der Waals surface area contributed by atoms with E-state index in [1.807, 2.05) is 63.2 Å². The topological polar surface area (TPSA) is 62.7 Å². The molecule has 3 rings (SSSR count). The van der Waals surface area contributed by atoms with E-state index in [2.05, 4.69) is 20.9 Å². The predicted octanol–water partition coefficient (Wildman–Crippen LogP) is 6.13. The van der Waals surface area contributed by atoms with E-state index in [9.17, 15) is 9.90 Å². The molecule has 1 heterocycles. The Morgan fingerprint density at radius 1 is 1.10 bits per heavy atom. The monoisotopic (exact) mass is 454 g/mol.